The van der Waals surface area contributed by atoms with Crippen molar-refractivity contribution in [2.45, 2.75) is 18.9 Å². The molecule has 0 aliphatic heterocycles. The van der Waals surface area contributed by atoms with Crippen LogP contribution in [0, 0.1) is 11.3 Å². The maximum absolute atomic E-state index is 12.1. The summed E-state index contributed by atoms with van der Waals surface area (Å²) in [5, 5.41) is 17.3. The predicted molar refractivity (Wildman–Crippen MR) is 69.3 cm³/mol. The first-order valence-electron chi connectivity index (χ1n) is 5.77. The lowest BCUT2D eigenvalue weighted by molar-refractivity contribution is -0.139. The quantitative estimate of drug-likeness (QED) is 0.785. The highest BCUT2D eigenvalue weighted by atomic mass is 16.4. The topological polar surface area (TPSA) is 107 Å². The lowest BCUT2D eigenvalue weighted by atomic mass is 10.1. The Bertz CT molecular complexity index is 482. The number of carbonyl (C=O) groups is 2. The molecule has 1 unspecified atom stereocenters. The number of carbonyl (C=O) groups excluding carboxylic acids is 1. The molecule has 1 atom stereocenters. The molecule has 3 N–H and O–H groups in total. The minimum Gasteiger partial charge on any atom is -0.481 e. The van der Waals surface area contributed by atoms with Gasteiger partial charge in [0, 0.05) is 12.2 Å². The van der Waals surface area contributed by atoms with Crippen LogP contribution in [0.1, 0.15) is 12.8 Å². The zero-order valence-electron chi connectivity index (χ0n) is 10.3. The van der Waals surface area contributed by atoms with Gasteiger partial charge in [0.05, 0.1) is 25.0 Å². The Morgan fingerprint density at radius 3 is 2.53 bits per heavy atom. The number of nitrogens with zero attached hydrogens (tertiary/aromatic N) is 2. The molecule has 6 heteroatoms. The van der Waals surface area contributed by atoms with Crippen molar-refractivity contribution >= 4 is 17.6 Å². The van der Waals surface area contributed by atoms with Crippen molar-refractivity contribution in [1.29, 1.82) is 5.26 Å². The Hall–Kier alpha value is -2.39. The van der Waals surface area contributed by atoms with Crippen molar-refractivity contribution in [3.05, 3.63) is 30.3 Å². The van der Waals surface area contributed by atoms with Gasteiger partial charge in [0.1, 0.15) is 0 Å². The molecule has 1 aromatic rings. The van der Waals surface area contributed by atoms with Gasteiger partial charge in [-0.1, -0.05) is 18.2 Å². The van der Waals surface area contributed by atoms with Gasteiger partial charge in [0.25, 0.3) is 0 Å². The third-order valence-electron chi connectivity index (χ3n) is 2.49. The van der Waals surface area contributed by atoms with Crippen LogP contribution in [-0.4, -0.2) is 29.6 Å². The summed E-state index contributed by atoms with van der Waals surface area (Å²) in [4.78, 5) is 24.0. The summed E-state index contributed by atoms with van der Waals surface area (Å²) in [6, 6.07) is 9.57. The van der Waals surface area contributed by atoms with E-state index in [4.69, 9.17) is 16.1 Å². The molecule has 0 aliphatic rings. The van der Waals surface area contributed by atoms with E-state index in [0.29, 0.717) is 5.69 Å². The van der Waals surface area contributed by atoms with E-state index in [2.05, 4.69) is 0 Å². The molecule has 0 bridgehead atoms. The van der Waals surface area contributed by atoms with Crippen molar-refractivity contribution < 1.29 is 14.7 Å². The van der Waals surface area contributed by atoms with Gasteiger partial charge in [0.2, 0.25) is 5.91 Å². The van der Waals surface area contributed by atoms with Crippen LogP contribution >= 0.6 is 0 Å². The van der Waals surface area contributed by atoms with E-state index in [-0.39, 0.29) is 13.0 Å². The van der Waals surface area contributed by atoms with E-state index in [1.807, 2.05) is 6.07 Å². The molecular weight excluding hydrogens is 246 g/mol. The van der Waals surface area contributed by atoms with Crippen LogP contribution in [0.5, 0.6) is 0 Å². The maximum atomic E-state index is 12.1. The minimum atomic E-state index is -1.13. The van der Waals surface area contributed by atoms with Crippen molar-refractivity contribution in [3.8, 4) is 6.07 Å². The van der Waals surface area contributed by atoms with Crippen LogP contribution in [0.3, 0.4) is 0 Å². The minimum absolute atomic E-state index is 0.153. The molecule has 0 heterocycles. The normalized spacial score (nSPS) is 11.4. The van der Waals surface area contributed by atoms with Crippen LogP contribution in [0.4, 0.5) is 5.69 Å². The fraction of sp³-hybridized carbons (Fsp3) is 0.308. The van der Waals surface area contributed by atoms with Crippen LogP contribution in [-0.2, 0) is 9.59 Å². The van der Waals surface area contributed by atoms with Gasteiger partial charge in [-0.3, -0.25) is 9.59 Å². The number of hydrogen-bond donors (Lipinski definition) is 2. The largest absolute Gasteiger partial charge is 0.481 e. The van der Waals surface area contributed by atoms with Crippen molar-refractivity contribution in [1.82, 2.24) is 0 Å². The monoisotopic (exact) mass is 261 g/mol. The summed E-state index contributed by atoms with van der Waals surface area (Å²) in [7, 11) is 0. The molecule has 0 saturated heterocycles. The van der Waals surface area contributed by atoms with Gasteiger partial charge in [-0.05, 0) is 12.1 Å². The molecule has 0 saturated carbocycles. The number of para-hydroxylation sites is 1. The summed E-state index contributed by atoms with van der Waals surface area (Å²) in [5.74, 6) is -1.63. The SMILES string of the molecule is N#CCCN(C(=O)C(N)CC(=O)O)c1ccccc1. The van der Waals surface area contributed by atoms with Gasteiger partial charge in [-0.15, -0.1) is 0 Å². The van der Waals surface area contributed by atoms with Crippen LogP contribution in [0.25, 0.3) is 0 Å². The molecule has 100 valence electrons. The van der Waals surface area contributed by atoms with Crippen LogP contribution < -0.4 is 10.6 Å². The Kier molecular flexibility index (Phi) is 5.51. The highest BCUT2D eigenvalue weighted by Gasteiger charge is 2.24. The third kappa shape index (κ3) is 4.41. The highest BCUT2D eigenvalue weighted by molar-refractivity contribution is 5.98. The zero-order valence-corrected chi connectivity index (χ0v) is 10.3. The lowest BCUT2D eigenvalue weighted by Gasteiger charge is -2.24. The molecule has 1 rings (SSSR count). The van der Waals surface area contributed by atoms with E-state index in [9.17, 15) is 9.59 Å². The molecular formula is C13H15N3O3. The number of amides is 1. The van der Waals surface area contributed by atoms with Crippen molar-refractivity contribution in [2.24, 2.45) is 5.73 Å². The fourth-order valence-corrected chi connectivity index (χ4v) is 1.61. The molecule has 0 aliphatic carbocycles. The molecule has 0 spiro atoms. The van der Waals surface area contributed by atoms with Gasteiger partial charge in [-0.2, -0.15) is 5.26 Å². The van der Waals surface area contributed by atoms with Crippen molar-refractivity contribution in [2.75, 3.05) is 11.4 Å². The summed E-state index contributed by atoms with van der Waals surface area (Å²) in [5.41, 5.74) is 6.17. The smallest absolute Gasteiger partial charge is 0.305 e. The number of nitriles is 1. The Balaban J connectivity index is 2.88. The number of aliphatic carboxylic acids is 1. The fourth-order valence-electron chi connectivity index (χ4n) is 1.61. The van der Waals surface area contributed by atoms with E-state index in [1.54, 1.807) is 30.3 Å². The molecule has 1 amide bonds. The lowest BCUT2D eigenvalue weighted by Crippen LogP contribution is -2.45. The van der Waals surface area contributed by atoms with Gasteiger partial charge in [0.15, 0.2) is 0 Å². The first kappa shape index (κ1) is 14.7. The zero-order chi connectivity index (χ0) is 14.3. The average molecular weight is 261 g/mol. The molecule has 0 fully saturated rings. The van der Waals surface area contributed by atoms with Gasteiger partial charge >= 0.3 is 5.97 Å². The van der Waals surface area contributed by atoms with Gasteiger partial charge < -0.3 is 15.7 Å². The first-order chi connectivity index (χ1) is 9.06. The average Bonchev–Trinajstić information content (AvgIpc) is 2.39. The van der Waals surface area contributed by atoms with Gasteiger partial charge in [-0.25, -0.2) is 0 Å². The first-order valence-corrected chi connectivity index (χ1v) is 5.77. The number of hydrogen-bond acceptors (Lipinski definition) is 4. The second kappa shape index (κ2) is 7.13. The van der Waals surface area contributed by atoms with Crippen molar-refractivity contribution in [3.63, 3.8) is 0 Å². The summed E-state index contributed by atoms with van der Waals surface area (Å²) < 4.78 is 0. The number of benzene rings is 1. The summed E-state index contributed by atoms with van der Waals surface area (Å²) in [6.07, 6.45) is -0.283. The van der Waals surface area contributed by atoms with Crippen LogP contribution in [0.15, 0.2) is 30.3 Å². The summed E-state index contributed by atoms with van der Waals surface area (Å²) in [6.45, 7) is 0.187. The standard InChI is InChI=1S/C13H15N3O3/c14-7-4-8-16(10-5-2-1-3-6-10)13(19)11(15)9-12(17)18/h1-3,5-6,11H,4,8-9,15H2,(H,17,18). The molecule has 0 aromatic heterocycles. The third-order valence-corrected chi connectivity index (χ3v) is 2.49. The van der Waals surface area contributed by atoms with E-state index in [1.165, 1.54) is 4.90 Å². The summed E-state index contributed by atoms with van der Waals surface area (Å²) >= 11 is 0. The molecule has 6 nitrogen and oxygen atoms in total. The highest BCUT2D eigenvalue weighted by Crippen LogP contribution is 2.15. The molecule has 1 aromatic carbocycles. The number of nitrogens with two attached hydrogens (primary N) is 1. The Morgan fingerprint density at radius 2 is 2.00 bits per heavy atom. The van der Waals surface area contributed by atoms with E-state index >= 15 is 0 Å². The van der Waals surface area contributed by atoms with E-state index < -0.39 is 24.3 Å². The van der Waals surface area contributed by atoms with Crippen LogP contribution in [0.2, 0.25) is 0 Å². The number of carboxylic acids is 1. The maximum Gasteiger partial charge on any atom is 0.305 e. The Labute approximate surface area is 111 Å². The molecule has 0 radical (unpaired) electrons. The van der Waals surface area contributed by atoms with E-state index in [0.717, 1.165) is 0 Å². The number of carboxylic acid groups (broad SMARTS) is 1. The molecule has 19 heavy (non-hydrogen) atoms. The number of rotatable bonds is 6. The Morgan fingerprint density at radius 1 is 1.37 bits per heavy atom. The number of anilines is 1. The second-order valence-electron chi connectivity index (χ2n) is 3.94. The second-order valence-corrected chi connectivity index (χ2v) is 3.94. The predicted octanol–water partition coefficient (Wildman–Crippen LogP) is 0.735.